The van der Waals surface area contributed by atoms with Gasteiger partial charge in [0.25, 0.3) is 0 Å². The summed E-state index contributed by atoms with van der Waals surface area (Å²) in [5, 5.41) is 10.2. The van der Waals surface area contributed by atoms with Crippen LogP contribution in [0.2, 0.25) is 0 Å². The highest BCUT2D eigenvalue weighted by Crippen LogP contribution is 2.36. The molecule has 1 spiro atoms. The molecule has 3 rings (SSSR count). The van der Waals surface area contributed by atoms with Crippen LogP contribution in [0.4, 0.5) is 0 Å². The molecule has 2 heterocycles. The molecule has 6 heteroatoms. The van der Waals surface area contributed by atoms with Crippen LogP contribution in [0.5, 0.6) is 0 Å². The van der Waals surface area contributed by atoms with Crippen molar-refractivity contribution in [2.24, 2.45) is 0 Å². The fourth-order valence-electron chi connectivity index (χ4n) is 3.23. The molecule has 0 aromatic heterocycles. The normalized spacial score (nSPS) is 30.8. The summed E-state index contributed by atoms with van der Waals surface area (Å²) in [4.78, 5) is 0. The van der Waals surface area contributed by atoms with E-state index in [-0.39, 0.29) is 12.3 Å². The topological polar surface area (TPSA) is 66.8 Å². The second kappa shape index (κ2) is 5.68. The predicted octanol–water partition coefficient (Wildman–Crippen LogP) is 1.13. The van der Waals surface area contributed by atoms with Crippen LogP contribution in [0.15, 0.2) is 30.3 Å². The first-order chi connectivity index (χ1) is 10.0. The van der Waals surface area contributed by atoms with E-state index in [0.717, 1.165) is 18.4 Å². The molecule has 0 aliphatic carbocycles. The lowest BCUT2D eigenvalue weighted by Crippen LogP contribution is -2.57. The van der Waals surface area contributed by atoms with Gasteiger partial charge < -0.3 is 9.84 Å². The smallest absolute Gasteiger partial charge is 0.218 e. The van der Waals surface area contributed by atoms with E-state index in [1.807, 2.05) is 30.3 Å². The summed E-state index contributed by atoms with van der Waals surface area (Å²) < 4.78 is 32.4. The highest BCUT2D eigenvalue weighted by Gasteiger charge is 2.48. The minimum absolute atomic E-state index is 0.0000151. The Morgan fingerprint density at radius 2 is 2.10 bits per heavy atom. The number of piperidine rings is 1. The summed E-state index contributed by atoms with van der Waals surface area (Å²) in [6.45, 7) is 1.23. The Hall–Kier alpha value is -0.950. The molecule has 0 radical (unpaired) electrons. The second-order valence-corrected chi connectivity index (χ2v) is 7.87. The van der Waals surface area contributed by atoms with Gasteiger partial charge >= 0.3 is 0 Å². The zero-order valence-corrected chi connectivity index (χ0v) is 12.8. The van der Waals surface area contributed by atoms with Gasteiger partial charge in [-0.2, -0.15) is 4.31 Å². The number of rotatable bonds is 3. The molecule has 2 atom stereocenters. The van der Waals surface area contributed by atoms with Crippen LogP contribution in [0.3, 0.4) is 0 Å². The molecule has 2 fully saturated rings. The number of sulfonamides is 1. The molecule has 0 saturated carbocycles. The molecule has 1 aromatic rings. The van der Waals surface area contributed by atoms with E-state index in [2.05, 4.69) is 0 Å². The largest absolute Gasteiger partial charge is 0.390 e. The first-order valence-corrected chi connectivity index (χ1v) is 8.97. The zero-order chi connectivity index (χ0) is 14.9. The van der Waals surface area contributed by atoms with Crippen LogP contribution >= 0.6 is 0 Å². The van der Waals surface area contributed by atoms with Gasteiger partial charge in [0.15, 0.2) is 0 Å². The molecule has 1 N–H and O–H groups in total. The number of ether oxygens (including phenoxy) is 1. The van der Waals surface area contributed by atoms with Crippen molar-refractivity contribution >= 4 is 10.0 Å². The van der Waals surface area contributed by atoms with E-state index in [1.165, 1.54) is 4.31 Å². The van der Waals surface area contributed by atoms with Crippen LogP contribution < -0.4 is 0 Å². The van der Waals surface area contributed by atoms with E-state index >= 15 is 0 Å². The number of hydrogen-bond donors (Lipinski definition) is 1. The summed E-state index contributed by atoms with van der Waals surface area (Å²) >= 11 is 0. The summed E-state index contributed by atoms with van der Waals surface area (Å²) in [6, 6.07) is 9.18. The zero-order valence-electron chi connectivity index (χ0n) is 11.9. The number of hydrogen-bond acceptors (Lipinski definition) is 4. The molecular formula is C15H21NO4S. The summed E-state index contributed by atoms with van der Waals surface area (Å²) in [7, 11) is -3.38. The maximum atomic E-state index is 12.6. The van der Waals surface area contributed by atoms with Crippen LogP contribution in [-0.4, -0.2) is 49.2 Å². The quantitative estimate of drug-likeness (QED) is 0.909. The van der Waals surface area contributed by atoms with E-state index in [4.69, 9.17) is 4.74 Å². The summed E-state index contributed by atoms with van der Waals surface area (Å²) in [5.74, 6) is 0.0000151. The lowest BCUT2D eigenvalue weighted by molar-refractivity contribution is -0.118. The number of aliphatic hydroxyl groups is 1. The Balaban J connectivity index is 1.76. The van der Waals surface area contributed by atoms with Crippen molar-refractivity contribution in [3.05, 3.63) is 35.9 Å². The molecular weight excluding hydrogens is 290 g/mol. The Morgan fingerprint density at radius 3 is 2.76 bits per heavy atom. The van der Waals surface area contributed by atoms with Gasteiger partial charge in [-0.05, 0) is 24.8 Å². The molecule has 1 aromatic carbocycles. The van der Waals surface area contributed by atoms with E-state index in [0.29, 0.717) is 19.6 Å². The second-order valence-electron chi connectivity index (χ2n) is 5.90. The van der Waals surface area contributed by atoms with Crippen molar-refractivity contribution in [2.45, 2.75) is 36.7 Å². The number of nitrogens with zero attached hydrogens (tertiary/aromatic N) is 1. The van der Waals surface area contributed by atoms with Crippen molar-refractivity contribution in [3.8, 4) is 0 Å². The maximum Gasteiger partial charge on any atom is 0.218 e. The Kier molecular flexibility index (Phi) is 4.05. The molecule has 5 nitrogen and oxygen atoms in total. The van der Waals surface area contributed by atoms with Crippen LogP contribution in [-0.2, 0) is 20.5 Å². The Bertz CT molecular complexity index is 581. The van der Waals surface area contributed by atoms with Gasteiger partial charge in [-0.15, -0.1) is 0 Å². The lowest BCUT2D eigenvalue weighted by Gasteiger charge is -2.42. The van der Waals surface area contributed by atoms with Crippen molar-refractivity contribution in [2.75, 3.05) is 19.7 Å². The van der Waals surface area contributed by atoms with Crippen LogP contribution in [0, 0.1) is 0 Å². The first-order valence-electron chi connectivity index (χ1n) is 7.36. The van der Waals surface area contributed by atoms with Crippen molar-refractivity contribution < 1.29 is 18.3 Å². The van der Waals surface area contributed by atoms with Crippen molar-refractivity contribution in [1.29, 1.82) is 0 Å². The van der Waals surface area contributed by atoms with Crippen molar-refractivity contribution in [3.63, 3.8) is 0 Å². The Morgan fingerprint density at radius 1 is 1.33 bits per heavy atom. The standard InChI is InChI=1S/C15H21NO4S/c17-14-7-9-16(12-15(14)8-4-10-20-15)21(18,19)11-13-5-2-1-3-6-13/h1-3,5-6,14,17H,4,7-12H2/t14-,15-/m0/s1. The maximum absolute atomic E-state index is 12.6. The molecule has 116 valence electrons. The third-order valence-electron chi connectivity index (χ3n) is 4.42. The highest BCUT2D eigenvalue weighted by atomic mass is 32.2. The van der Waals surface area contributed by atoms with Crippen LogP contribution in [0.1, 0.15) is 24.8 Å². The molecule has 0 bridgehead atoms. The van der Waals surface area contributed by atoms with Gasteiger partial charge in [-0.1, -0.05) is 30.3 Å². The average Bonchev–Trinajstić information content (AvgIpc) is 2.92. The van der Waals surface area contributed by atoms with Gasteiger partial charge in [0.1, 0.15) is 5.60 Å². The average molecular weight is 311 g/mol. The first kappa shape index (κ1) is 15.0. The molecule has 2 aliphatic rings. The molecule has 0 unspecified atom stereocenters. The summed E-state index contributed by atoms with van der Waals surface area (Å²) in [6.07, 6.45) is 1.48. The number of benzene rings is 1. The Labute approximate surface area is 125 Å². The predicted molar refractivity (Wildman–Crippen MR) is 79.2 cm³/mol. The highest BCUT2D eigenvalue weighted by molar-refractivity contribution is 7.88. The summed E-state index contributed by atoms with van der Waals surface area (Å²) in [5.41, 5.74) is 0.0900. The number of aliphatic hydroxyl groups excluding tert-OH is 1. The van der Waals surface area contributed by atoms with Gasteiger partial charge in [-0.3, -0.25) is 0 Å². The van der Waals surface area contributed by atoms with Crippen molar-refractivity contribution in [1.82, 2.24) is 4.31 Å². The fraction of sp³-hybridized carbons (Fsp3) is 0.600. The molecule has 0 amide bonds. The van der Waals surface area contributed by atoms with Gasteiger partial charge in [0.05, 0.1) is 11.9 Å². The van der Waals surface area contributed by atoms with E-state index in [1.54, 1.807) is 0 Å². The molecule has 2 aliphatic heterocycles. The van der Waals surface area contributed by atoms with E-state index < -0.39 is 21.7 Å². The third kappa shape index (κ3) is 2.99. The lowest BCUT2D eigenvalue weighted by atomic mass is 9.88. The molecule has 21 heavy (non-hydrogen) atoms. The van der Waals surface area contributed by atoms with Gasteiger partial charge in [0.2, 0.25) is 10.0 Å². The van der Waals surface area contributed by atoms with Gasteiger partial charge in [0, 0.05) is 19.7 Å². The van der Waals surface area contributed by atoms with Gasteiger partial charge in [-0.25, -0.2) is 8.42 Å². The fourth-order valence-corrected chi connectivity index (χ4v) is 4.83. The molecule has 2 saturated heterocycles. The van der Waals surface area contributed by atoms with Crippen LogP contribution in [0.25, 0.3) is 0 Å². The third-order valence-corrected chi connectivity index (χ3v) is 6.22. The van der Waals surface area contributed by atoms with E-state index in [9.17, 15) is 13.5 Å². The SMILES string of the molecule is O=S(=O)(Cc1ccccc1)N1CC[C@H](O)[C@]2(CCCO2)C1. The monoisotopic (exact) mass is 311 g/mol. The minimum Gasteiger partial charge on any atom is -0.390 e. The minimum atomic E-state index is -3.38.